The first-order valence-electron chi connectivity index (χ1n) is 5.91. The number of nitrogens with one attached hydrogen (secondary N) is 1. The monoisotopic (exact) mass is 332 g/mol. The van der Waals surface area contributed by atoms with Crippen molar-refractivity contribution in [2.45, 2.75) is 30.8 Å². The van der Waals surface area contributed by atoms with Crippen LogP contribution in [0.2, 0.25) is 0 Å². The van der Waals surface area contributed by atoms with Crippen LogP contribution in [0.1, 0.15) is 13.8 Å². The largest absolute Gasteiger partial charge is 0.309 e. The minimum absolute atomic E-state index is 0.177. The molecule has 1 saturated heterocycles. The highest BCUT2D eigenvalue weighted by Crippen LogP contribution is 2.21. The summed E-state index contributed by atoms with van der Waals surface area (Å²) in [6.07, 6.45) is 0. The summed E-state index contributed by atoms with van der Waals surface area (Å²) in [6.45, 7) is 5.02. The maximum Gasteiger partial charge on any atom is 0.243 e. The van der Waals surface area contributed by atoms with Gasteiger partial charge in [-0.05, 0) is 32.0 Å². The standard InChI is InChI=1S/C12H17BrN2O2S/c1-9-7-15(8-10(2)14-9)18(16,17)12-5-3-4-11(13)6-12/h3-6,9-10,14H,7-8H2,1-2H3. The topological polar surface area (TPSA) is 49.4 Å². The molecule has 1 fully saturated rings. The summed E-state index contributed by atoms with van der Waals surface area (Å²) in [6, 6.07) is 7.20. The second-order valence-corrected chi connectivity index (χ2v) is 7.60. The Morgan fingerprint density at radius 2 is 1.89 bits per heavy atom. The van der Waals surface area contributed by atoms with Gasteiger partial charge in [-0.3, -0.25) is 0 Å². The third kappa shape index (κ3) is 2.93. The Morgan fingerprint density at radius 3 is 2.44 bits per heavy atom. The molecule has 0 radical (unpaired) electrons. The average molecular weight is 333 g/mol. The molecule has 2 unspecified atom stereocenters. The lowest BCUT2D eigenvalue weighted by molar-refractivity contribution is 0.263. The highest BCUT2D eigenvalue weighted by molar-refractivity contribution is 9.10. The van der Waals surface area contributed by atoms with Gasteiger partial charge >= 0.3 is 0 Å². The Kier molecular flexibility index (Phi) is 4.11. The zero-order valence-electron chi connectivity index (χ0n) is 10.4. The third-order valence-electron chi connectivity index (χ3n) is 2.96. The molecule has 1 N–H and O–H groups in total. The maximum absolute atomic E-state index is 12.5. The number of nitrogens with zero attached hydrogens (tertiary/aromatic N) is 1. The molecular formula is C12H17BrN2O2S. The van der Waals surface area contributed by atoms with Crippen LogP contribution in [0.25, 0.3) is 0 Å². The molecule has 1 aliphatic heterocycles. The molecule has 6 heteroatoms. The molecule has 0 spiro atoms. The van der Waals surface area contributed by atoms with Crippen molar-refractivity contribution in [3.05, 3.63) is 28.7 Å². The van der Waals surface area contributed by atoms with Gasteiger partial charge in [0.15, 0.2) is 0 Å². The fourth-order valence-corrected chi connectivity index (χ4v) is 4.46. The molecule has 0 aliphatic carbocycles. The number of hydrogen-bond acceptors (Lipinski definition) is 3. The van der Waals surface area contributed by atoms with E-state index in [0.29, 0.717) is 18.0 Å². The van der Waals surface area contributed by atoms with Crippen LogP contribution >= 0.6 is 15.9 Å². The van der Waals surface area contributed by atoms with Crippen molar-refractivity contribution in [1.29, 1.82) is 0 Å². The predicted octanol–water partition coefficient (Wildman–Crippen LogP) is 1.82. The summed E-state index contributed by atoms with van der Waals surface area (Å²) >= 11 is 3.31. The van der Waals surface area contributed by atoms with E-state index < -0.39 is 10.0 Å². The fraction of sp³-hybridized carbons (Fsp3) is 0.500. The number of piperazine rings is 1. The summed E-state index contributed by atoms with van der Waals surface area (Å²) in [7, 11) is -3.39. The molecule has 100 valence electrons. The van der Waals surface area contributed by atoms with Crippen molar-refractivity contribution in [1.82, 2.24) is 9.62 Å². The molecule has 0 amide bonds. The van der Waals surface area contributed by atoms with E-state index in [4.69, 9.17) is 0 Å². The predicted molar refractivity (Wildman–Crippen MR) is 75.0 cm³/mol. The van der Waals surface area contributed by atoms with Gasteiger partial charge in [-0.25, -0.2) is 8.42 Å². The van der Waals surface area contributed by atoms with Crippen molar-refractivity contribution in [3.8, 4) is 0 Å². The average Bonchev–Trinajstić information content (AvgIpc) is 2.27. The smallest absolute Gasteiger partial charge is 0.243 e. The minimum atomic E-state index is -3.39. The molecule has 1 aliphatic rings. The first kappa shape index (κ1) is 14.0. The van der Waals surface area contributed by atoms with Crippen LogP contribution in [0.5, 0.6) is 0 Å². The normalized spacial score (nSPS) is 26.2. The second-order valence-electron chi connectivity index (χ2n) is 4.75. The van der Waals surface area contributed by atoms with Crippen molar-refractivity contribution >= 4 is 26.0 Å². The van der Waals surface area contributed by atoms with E-state index in [1.807, 2.05) is 19.9 Å². The molecule has 0 aromatic heterocycles. The van der Waals surface area contributed by atoms with E-state index in [0.717, 1.165) is 4.47 Å². The number of sulfonamides is 1. The van der Waals surface area contributed by atoms with Crippen molar-refractivity contribution < 1.29 is 8.42 Å². The van der Waals surface area contributed by atoms with E-state index in [1.54, 1.807) is 22.5 Å². The molecule has 4 nitrogen and oxygen atoms in total. The van der Waals surface area contributed by atoms with E-state index in [1.165, 1.54) is 0 Å². The van der Waals surface area contributed by atoms with Crippen molar-refractivity contribution in [2.75, 3.05) is 13.1 Å². The van der Waals surface area contributed by atoms with Gasteiger partial charge in [0.25, 0.3) is 0 Å². The first-order valence-corrected chi connectivity index (χ1v) is 8.14. The lowest BCUT2D eigenvalue weighted by Crippen LogP contribution is -2.55. The quantitative estimate of drug-likeness (QED) is 0.898. The van der Waals surface area contributed by atoms with Gasteiger partial charge in [-0.15, -0.1) is 0 Å². The summed E-state index contributed by atoms with van der Waals surface area (Å²) in [4.78, 5) is 0.346. The van der Waals surface area contributed by atoms with Crippen LogP contribution in [0.3, 0.4) is 0 Å². The van der Waals surface area contributed by atoms with Crippen LogP contribution in [-0.4, -0.2) is 37.9 Å². The minimum Gasteiger partial charge on any atom is -0.309 e. The molecule has 0 saturated carbocycles. The van der Waals surface area contributed by atoms with Crippen molar-refractivity contribution in [3.63, 3.8) is 0 Å². The lowest BCUT2D eigenvalue weighted by atomic mass is 10.2. The van der Waals surface area contributed by atoms with Gasteiger partial charge in [0, 0.05) is 29.6 Å². The summed E-state index contributed by atoms with van der Waals surface area (Å²) in [5, 5.41) is 3.33. The van der Waals surface area contributed by atoms with Gasteiger partial charge in [0.2, 0.25) is 10.0 Å². The molecule has 2 atom stereocenters. The van der Waals surface area contributed by atoms with Crippen LogP contribution in [-0.2, 0) is 10.0 Å². The number of hydrogen-bond donors (Lipinski definition) is 1. The Hall–Kier alpha value is -0.430. The lowest BCUT2D eigenvalue weighted by Gasteiger charge is -2.35. The van der Waals surface area contributed by atoms with Crippen molar-refractivity contribution in [2.24, 2.45) is 0 Å². The van der Waals surface area contributed by atoms with E-state index in [-0.39, 0.29) is 12.1 Å². The Morgan fingerprint density at radius 1 is 1.28 bits per heavy atom. The molecule has 1 aromatic rings. The number of benzene rings is 1. The number of rotatable bonds is 2. The van der Waals surface area contributed by atoms with Crippen LogP contribution < -0.4 is 5.32 Å². The van der Waals surface area contributed by atoms with E-state index in [2.05, 4.69) is 21.2 Å². The van der Waals surface area contributed by atoms with Gasteiger partial charge in [-0.1, -0.05) is 22.0 Å². The summed E-state index contributed by atoms with van der Waals surface area (Å²) < 4.78 is 27.3. The molecule has 18 heavy (non-hydrogen) atoms. The van der Waals surface area contributed by atoms with Crippen LogP contribution in [0, 0.1) is 0 Å². The zero-order chi connectivity index (χ0) is 13.3. The zero-order valence-corrected chi connectivity index (χ0v) is 12.8. The summed E-state index contributed by atoms with van der Waals surface area (Å²) in [5.74, 6) is 0. The number of halogens is 1. The maximum atomic E-state index is 12.5. The fourth-order valence-electron chi connectivity index (χ4n) is 2.25. The van der Waals surface area contributed by atoms with Crippen LogP contribution in [0.4, 0.5) is 0 Å². The Bertz CT molecular complexity index is 523. The molecular weight excluding hydrogens is 316 g/mol. The molecule has 0 bridgehead atoms. The van der Waals surface area contributed by atoms with E-state index >= 15 is 0 Å². The highest BCUT2D eigenvalue weighted by atomic mass is 79.9. The van der Waals surface area contributed by atoms with Gasteiger partial charge < -0.3 is 5.32 Å². The van der Waals surface area contributed by atoms with E-state index in [9.17, 15) is 8.42 Å². The van der Waals surface area contributed by atoms with Gasteiger partial charge in [0.05, 0.1) is 4.90 Å². The molecule has 1 heterocycles. The highest BCUT2D eigenvalue weighted by Gasteiger charge is 2.31. The third-order valence-corrected chi connectivity index (χ3v) is 5.28. The first-order chi connectivity index (χ1) is 8.39. The Labute approximate surface area is 117 Å². The SMILES string of the molecule is CC1CN(S(=O)(=O)c2cccc(Br)c2)CC(C)N1. The molecule has 1 aromatic carbocycles. The Balaban J connectivity index is 2.31. The summed E-state index contributed by atoms with van der Waals surface area (Å²) in [5.41, 5.74) is 0. The molecule has 2 rings (SSSR count). The van der Waals surface area contributed by atoms with Crippen LogP contribution in [0.15, 0.2) is 33.6 Å². The van der Waals surface area contributed by atoms with Gasteiger partial charge in [0.1, 0.15) is 0 Å². The van der Waals surface area contributed by atoms with Gasteiger partial charge in [-0.2, -0.15) is 4.31 Å². The second kappa shape index (κ2) is 5.28.